The zero-order valence-electron chi connectivity index (χ0n) is 22.2. The molecule has 10 nitrogen and oxygen atoms in total. The van der Waals surface area contributed by atoms with Crippen LogP contribution < -0.4 is 10.1 Å². The van der Waals surface area contributed by atoms with Crippen LogP contribution in [0.3, 0.4) is 0 Å². The number of aromatic nitrogens is 1. The monoisotopic (exact) mass is 569 g/mol. The number of methoxy groups -OCH3 is 1. The highest BCUT2D eigenvalue weighted by Gasteiger charge is 2.22. The summed E-state index contributed by atoms with van der Waals surface area (Å²) in [5.41, 5.74) is 1.61. The molecule has 0 aliphatic carbocycles. The van der Waals surface area contributed by atoms with Gasteiger partial charge in [-0.15, -0.1) is 0 Å². The molecule has 0 unspecified atom stereocenters. The van der Waals surface area contributed by atoms with Crippen LogP contribution in [0.1, 0.15) is 18.1 Å². The van der Waals surface area contributed by atoms with Crippen molar-refractivity contribution in [1.29, 1.82) is 0 Å². The van der Waals surface area contributed by atoms with Gasteiger partial charge in [0.1, 0.15) is 12.4 Å². The van der Waals surface area contributed by atoms with Gasteiger partial charge in [0, 0.05) is 36.4 Å². The molecule has 1 heterocycles. The van der Waals surface area contributed by atoms with Crippen LogP contribution in [-0.4, -0.2) is 59.9 Å². The lowest BCUT2D eigenvalue weighted by Crippen LogP contribution is -2.49. The molecule has 0 fully saturated rings. The van der Waals surface area contributed by atoms with Gasteiger partial charge in [-0.3, -0.25) is 19.8 Å². The average molecular weight is 570 g/mol. The predicted molar refractivity (Wildman–Crippen MR) is 148 cm³/mol. The van der Waals surface area contributed by atoms with Crippen LogP contribution in [-0.2, 0) is 27.5 Å². The van der Waals surface area contributed by atoms with Crippen LogP contribution in [0.4, 0.5) is 14.9 Å². The van der Waals surface area contributed by atoms with Gasteiger partial charge in [0.2, 0.25) is 18.2 Å². The SMILES string of the molecule is COC(=O)[C@@H](C)CN(C)C(=O)NC(=Nc1ccc(Oc2ccc(CF)cn2)cc1)N(C=O)Cc1ccc(Cl)cc1. The highest BCUT2D eigenvalue weighted by molar-refractivity contribution is 6.30. The van der Waals surface area contributed by atoms with E-state index in [9.17, 15) is 18.8 Å². The lowest BCUT2D eigenvalue weighted by molar-refractivity contribution is -0.145. The first-order chi connectivity index (χ1) is 19.2. The first-order valence-electron chi connectivity index (χ1n) is 12.2. The van der Waals surface area contributed by atoms with Crippen molar-refractivity contribution in [2.45, 2.75) is 20.1 Å². The van der Waals surface area contributed by atoms with Crippen LogP contribution in [0.2, 0.25) is 5.02 Å². The van der Waals surface area contributed by atoms with Crippen molar-refractivity contribution < 1.29 is 28.2 Å². The van der Waals surface area contributed by atoms with Crippen LogP contribution >= 0.6 is 11.6 Å². The minimum Gasteiger partial charge on any atom is -0.469 e. The van der Waals surface area contributed by atoms with Crippen molar-refractivity contribution >= 4 is 41.7 Å². The maximum absolute atomic E-state index is 13.0. The number of halogens is 2. The average Bonchev–Trinajstić information content (AvgIpc) is 2.97. The Morgan fingerprint density at radius 2 is 1.77 bits per heavy atom. The molecule has 3 rings (SSSR count). The number of amides is 3. The molecular weight excluding hydrogens is 541 g/mol. The van der Waals surface area contributed by atoms with Gasteiger partial charge >= 0.3 is 12.0 Å². The molecule has 210 valence electrons. The molecule has 3 amide bonds. The molecule has 0 radical (unpaired) electrons. The number of esters is 1. The minimum absolute atomic E-state index is 0.0373. The van der Waals surface area contributed by atoms with E-state index in [-0.39, 0.29) is 19.0 Å². The molecule has 0 saturated heterocycles. The zero-order valence-corrected chi connectivity index (χ0v) is 23.0. The second-order valence-electron chi connectivity index (χ2n) is 8.76. The van der Waals surface area contributed by atoms with Crippen molar-refractivity contribution in [3.8, 4) is 11.6 Å². The van der Waals surface area contributed by atoms with Crippen LogP contribution in [0, 0.1) is 5.92 Å². The van der Waals surface area contributed by atoms with Crippen molar-refractivity contribution in [1.82, 2.24) is 20.1 Å². The Hall–Kier alpha value is -4.51. The molecule has 2 aromatic carbocycles. The Morgan fingerprint density at radius 1 is 1.10 bits per heavy atom. The number of hydrogen-bond donors (Lipinski definition) is 1. The normalized spacial score (nSPS) is 11.8. The van der Waals surface area contributed by atoms with E-state index >= 15 is 0 Å². The molecule has 12 heteroatoms. The fourth-order valence-corrected chi connectivity index (χ4v) is 3.58. The van der Waals surface area contributed by atoms with Crippen LogP contribution in [0.15, 0.2) is 71.9 Å². The number of urea groups is 1. The lowest BCUT2D eigenvalue weighted by atomic mass is 10.2. The Morgan fingerprint density at radius 3 is 2.35 bits per heavy atom. The molecule has 3 aromatic rings. The van der Waals surface area contributed by atoms with E-state index in [1.165, 1.54) is 30.2 Å². The number of pyridine rings is 1. The van der Waals surface area contributed by atoms with Gasteiger partial charge in [-0.1, -0.05) is 30.7 Å². The van der Waals surface area contributed by atoms with Gasteiger partial charge in [-0.2, -0.15) is 0 Å². The van der Waals surface area contributed by atoms with E-state index in [1.807, 2.05) is 0 Å². The van der Waals surface area contributed by atoms with Crippen molar-refractivity contribution in [3.63, 3.8) is 0 Å². The summed E-state index contributed by atoms with van der Waals surface area (Å²) >= 11 is 5.98. The highest BCUT2D eigenvalue weighted by atomic mass is 35.5. The highest BCUT2D eigenvalue weighted by Crippen LogP contribution is 2.23. The standard InChI is InChI=1S/C28H29ClFN5O5/c1-19(26(37)39-3)16-34(2)28(38)33-27(35(18-36)17-20-4-7-22(29)8-5-20)32-23-9-11-24(12-10-23)40-25-13-6-21(14-30)15-31-25/h4-13,15,18-19H,14,16-17H2,1-3H3,(H,32,33,38)/t19-/m0/s1. The number of alkyl halides is 1. The number of nitrogens with one attached hydrogen (secondary N) is 1. The number of aliphatic imine (C=N–C) groups is 1. The number of hydrogen-bond acceptors (Lipinski definition) is 7. The first-order valence-corrected chi connectivity index (χ1v) is 12.5. The summed E-state index contributed by atoms with van der Waals surface area (Å²) in [6, 6.07) is 16.0. The van der Waals surface area contributed by atoms with Crippen molar-refractivity contribution in [2.75, 3.05) is 20.7 Å². The summed E-state index contributed by atoms with van der Waals surface area (Å²) in [4.78, 5) is 48.0. The van der Waals surface area contributed by atoms with Gasteiger partial charge in [0.05, 0.1) is 25.3 Å². The molecule has 0 aliphatic rings. The Kier molecular flexibility index (Phi) is 11.0. The van der Waals surface area contributed by atoms with Gasteiger partial charge < -0.3 is 14.4 Å². The number of rotatable bonds is 10. The summed E-state index contributed by atoms with van der Waals surface area (Å²) in [5, 5.41) is 3.20. The van der Waals surface area contributed by atoms with Crippen LogP contribution in [0.5, 0.6) is 11.6 Å². The predicted octanol–water partition coefficient (Wildman–Crippen LogP) is 5.09. The zero-order chi connectivity index (χ0) is 29.1. The van der Waals surface area contributed by atoms with E-state index in [4.69, 9.17) is 21.1 Å². The minimum atomic E-state index is -0.616. The van der Waals surface area contributed by atoms with E-state index in [0.29, 0.717) is 34.3 Å². The van der Waals surface area contributed by atoms with Gasteiger partial charge in [-0.25, -0.2) is 19.2 Å². The van der Waals surface area contributed by atoms with Crippen molar-refractivity contribution in [3.05, 3.63) is 83.0 Å². The smallest absolute Gasteiger partial charge is 0.323 e. The van der Waals surface area contributed by atoms with Gasteiger partial charge in [0.15, 0.2) is 0 Å². The quantitative estimate of drug-likeness (QED) is 0.157. The number of carbonyl (C=O) groups is 3. The van der Waals surface area contributed by atoms with Gasteiger partial charge in [-0.05, 0) is 48.0 Å². The number of guanidine groups is 1. The maximum atomic E-state index is 13.0. The molecule has 1 aromatic heterocycles. The third-order valence-corrected chi connectivity index (χ3v) is 5.88. The molecule has 0 aliphatic heterocycles. The Labute approximate surface area is 236 Å². The van der Waals surface area contributed by atoms with E-state index in [2.05, 4.69) is 15.3 Å². The second kappa shape index (κ2) is 14.6. The van der Waals surface area contributed by atoms with Gasteiger partial charge in [0.25, 0.3) is 0 Å². The third kappa shape index (κ3) is 8.77. The second-order valence-corrected chi connectivity index (χ2v) is 9.20. The number of nitrogens with zero attached hydrogens (tertiary/aromatic N) is 4. The largest absolute Gasteiger partial charge is 0.469 e. The first kappa shape index (κ1) is 30.0. The fourth-order valence-electron chi connectivity index (χ4n) is 3.46. The molecule has 0 saturated carbocycles. The summed E-state index contributed by atoms with van der Waals surface area (Å²) in [5.74, 6) is -0.311. The molecule has 1 N–H and O–H groups in total. The molecule has 0 bridgehead atoms. The van der Waals surface area contributed by atoms with E-state index in [1.54, 1.807) is 67.6 Å². The van der Waals surface area contributed by atoms with E-state index in [0.717, 1.165) is 5.56 Å². The number of carbonyl (C=O) groups excluding carboxylic acids is 3. The summed E-state index contributed by atoms with van der Waals surface area (Å²) in [7, 11) is 2.79. The van der Waals surface area contributed by atoms with Crippen molar-refractivity contribution in [2.24, 2.45) is 10.9 Å². The third-order valence-electron chi connectivity index (χ3n) is 5.63. The molecule has 40 heavy (non-hydrogen) atoms. The van der Waals surface area contributed by atoms with Crippen LogP contribution in [0.25, 0.3) is 0 Å². The number of benzene rings is 2. The maximum Gasteiger partial charge on any atom is 0.323 e. The lowest BCUT2D eigenvalue weighted by Gasteiger charge is -2.24. The summed E-state index contributed by atoms with van der Waals surface area (Å²) < 4.78 is 23.1. The molecule has 1 atom stereocenters. The molecular formula is C28H29ClFN5O5. The summed E-state index contributed by atoms with van der Waals surface area (Å²) in [6.07, 6.45) is 1.94. The fraction of sp³-hybridized carbons (Fsp3) is 0.250. The topological polar surface area (TPSA) is 113 Å². The Balaban J connectivity index is 1.83. The Bertz CT molecular complexity index is 1320. The van der Waals surface area contributed by atoms with E-state index < -0.39 is 24.6 Å². The number of ether oxygens (including phenoxy) is 2. The molecule has 0 spiro atoms. The summed E-state index contributed by atoms with van der Waals surface area (Å²) in [6.45, 7) is 1.20.